The van der Waals surface area contributed by atoms with E-state index in [1.807, 2.05) is 6.08 Å². The smallest absolute Gasteiger partial charge is 0.155 e. The molecular formula is C20H26O3. The van der Waals surface area contributed by atoms with Gasteiger partial charge in [0.25, 0.3) is 0 Å². The number of ketones is 1. The minimum Gasteiger partial charge on any atom is -0.377 e. The van der Waals surface area contributed by atoms with Crippen molar-refractivity contribution in [2.75, 3.05) is 6.61 Å². The lowest BCUT2D eigenvalue weighted by atomic mass is 9.54. The van der Waals surface area contributed by atoms with E-state index in [4.69, 9.17) is 11.2 Å². The van der Waals surface area contributed by atoms with Gasteiger partial charge in [0.2, 0.25) is 0 Å². The number of ether oxygens (including phenoxy) is 1. The molecule has 0 aromatic carbocycles. The van der Waals surface area contributed by atoms with Gasteiger partial charge in [0.1, 0.15) is 5.60 Å². The predicted molar refractivity (Wildman–Crippen MR) is 87.5 cm³/mol. The maximum Gasteiger partial charge on any atom is 0.155 e. The van der Waals surface area contributed by atoms with Crippen LogP contribution >= 0.6 is 0 Å². The van der Waals surface area contributed by atoms with Crippen molar-refractivity contribution in [3.8, 4) is 12.3 Å². The van der Waals surface area contributed by atoms with E-state index in [0.29, 0.717) is 31.3 Å². The summed E-state index contributed by atoms with van der Waals surface area (Å²) in [5.74, 6) is 3.78. The van der Waals surface area contributed by atoms with Crippen molar-refractivity contribution >= 4 is 5.78 Å². The molecule has 2 saturated carbocycles. The van der Waals surface area contributed by atoms with E-state index in [-0.39, 0.29) is 22.7 Å². The second kappa shape index (κ2) is 4.71. The summed E-state index contributed by atoms with van der Waals surface area (Å²) in [5.41, 5.74) is -0.119. The molecule has 6 unspecified atom stereocenters. The zero-order valence-electron chi connectivity index (χ0n) is 14.1. The molecule has 1 heterocycles. The Kier molecular flexibility index (Phi) is 3.16. The topological polar surface area (TPSA) is 46.5 Å². The van der Waals surface area contributed by atoms with E-state index in [2.05, 4.69) is 19.8 Å². The molecule has 3 aliphatic carbocycles. The van der Waals surface area contributed by atoms with Crippen LogP contribution in [-0.2, 0) is 9.53 Å². The van der Waals surface area contributed by atoms with Crippen molar-refractivity contribution in [2.24, 2.45) is 22.7 Å². The summed E-state index contributed by atoms with van der Waals surface area (Å²) in [4.78, 5) is 11.8. The second-order valence-corrected chi connectivity index (χ2v) is 8.55. The molecule has 0 aromatic rings. The fourth-order valence-corrected chi connectivity index (χ4v) is 6.01. The molecule has 6 atom stereocenters. The molecule has 4 aliphatic rings. The zero-order valence-corrected chi connectivity index (χ0v) is 14.1. The number of fused-ring (bicyclic) bond motifs is 5. The van der Waals surface area contributed by atoms with Gasteiger partial charge in [-0.1, -0.05) is 25.3 Å². The van der Waals surface area contributed by atoms with Gasteiger partial charge in [-0.05, 0) is 50.0 Å². The molecule has 1 aliphatic heterocycles. The maximum atomic E-state index is 11.8. The minimum absolute atomic E-state index is 0.0188. The monoisotopic (exact) mass is 314 g/mol. The van der Waals surface area contributed by atoms with Crippen LogP contribution in [0.1, 0.15) is 52.4 Å². The van der Waals surface area contributed by atoms with E-state index in [1.54, 1.807) is 0 Å². The average molecular weight is 314 g/mol. The predicted octanol–water partition coefficient (Wildman–Crippen LogP) is 2.87. The van der Waals surface area contributed by atoms with E-state index in [0.717, 1.165) is 25.7 Å². The molecule has 1 saturated heterocycles. The zero-order chi connectivity index (χ0) is 16.5. The highest BCUT2D eigenvalue weighted by atomic mass is 16.5. The highest BCUT2D eigenvalue weighted by Crippen LogP contribution is 2.63. The van der Waals surface area contributed by atoms with Crippen LogP contribution in [0.25, 0.3) is 0 Å². The Hall–Kier alpha value is -1.11. The van der Waals surface area contributed by atoms with Crippen LogP contribution in [0.3, 0.4) is 0 Å². The molecule has 0 aromatic heterocycles. The van der Waals surface area contributed by atoms with E-state index < -0.39 is 5.60 Å². The highest BCUT2D eigenvalue weighted by molar-refractivity contribution is 5.91. The minimum atomic E-state index is -1.04. The van der Waals surface area contributed by atoms with Gasteiger partial charge in [0, 0.05) is 17.3 Å². The maximum absolute atomic E-state index is 11.8. The number of carbonyl (C=O) groups excluding carboxylic acids is 1. The average Bonchev–Trinajstić information content (AvgIpc) is 2.80. The Morgan fingerprint density at radius 1 is 1.30 bits per heavy atom. The van der Waals surface area contributed by atoms with Crippen LogP contribution in [0.4, 0.5) is 0 Å². The lowest BCUT2D eigenvalue weighted by Gasteiger charge is -2.57. The number of terminal acetylenes is 1. The van der Waals surface area contributed by atoms with Gasteiger partial charge in [-0.15, -0.1) is 6.42 Å². The summed E-state index contributed by atoms with van der Waals surface area (Å²) >= 11 is 0. The van der Waals surface area contributed by atoms with Crippen molar-refractivity contribution < 1.29 is 14.6 Å². The second-order valence-electron chi connectivity index (χ2n) is 8.55. The van der Waals surface area contributed by atoms with Crippen molar-refractivity contribution in [2.45, 2.75) is 64.1 Å². The van der Waals surface area contributed by atoms with Crippen molar-refractivity contribution in [3.63, 3.8) is 0 Å². The highest BCUT2D eigenvalue weighted by Gasteiger charge is 2.64. The Bertz CT molecular complexity index is 629. The lowest BCUT2D eigenvalue weighted by molar-refractivity contribution is -0.202. The van der Waals surface area contributed by atoms with Crippen molar-refractivity contribution in [1.29, 1.82) is 0 Å². The first-order valence-electron chi connectivity index (χ1n) is 8.90. The molecule has 3 fully saturated rings. The van der Waals surface area contributed by atoms with Gasteiger partial charge in [0.05, 0.1) is 12.7 Å². The van der Waals surface area contributed by atoms with Crippen LogP contribution < -0.4 is 0 Å². The fraction of sp³-hybridized carbons (Fsp3) is 0.750. The third-order valence-electron chi connectivity index (χ3n) is 7.62. The first-order valence-corrected chi connectivity index (χ1v) is 8.90. The van der Waals surface area contributed by atoms with E-state index in [1.165, 1.54) is 5.57 Å². The van der Waals surface area contributed by atoms with E-state index >= 15 is 0 Å². The third kappa shape index (κ3) is 1.83. The van der Waals surface area contributed by atoms with Crippen LogP contribution in [0.15, 0.2) is 11.6 Å². The van der Waals surface area contributed by atoms with Gasteiger partial charge < -0.3 is 9.84 Å². The summed E-state index contributed by atoms with van der Waals surface area (Å²) < 4.78 is 6.40. The molecule has 124 valence electrons. The van der Waals surface area contributed by atoms with Gasteiger partial charge >= 0.3 is 0 Å². The van der Waals surface area contributed by atoms with Gasteiger partial charge in [0.15, 0.2) is 5.78 Å². The van der Waals surface area contributed by atoms with Gasteiger partial charge in [-0.2, -0.15) is 0 Å². The number of carbonyl (C=O) groups is 1. The standard InChI is InChI=1S/C20H26O3/c1-4-20(22)10-8-16-15-6-5-13-11-14(21)7-9-18(13,2)17(15)23-12-19(16,20)3/h1,11,15-17,22H,5-10,12H2,2-3H3. The number of allylic oxidation sites excluding steroid dienone is 1. The molecule has 0 amide bonds. The van der Waals surface area contributed by atoms with Crippen LogP contribution in [0.5, 0.6) is 0 Å². The SMILES string of the molecule is C#CC1(O)CCC2C3CCC4=CC(=O)CCC4(C)C3OCC21C. The van der Waals surface area contributed by atoms with Gasteiger partial charge in [-0.25, -0.2) is 0 Å². The van der Waals surface area contributed by atoms with Crippen LogP contribution in [0, 0.1) is 35.0 Å². The molecular weight excluding hydrogens is 288 g/mol. The summed E-state index contributed by atoms with van der Waals surface area (Å²) in [6, 6.07) is 0. The largest absolute Gasteiger partial charge is 0.377 e. The number of hydrogen-bond acceptors (Lipinski definition) is 3. The Morgan fingerprint density at radius 3 is 2.83 bits per heavy atom. The molecule has 1 N–H and O–H groups in total. The number of hydrogen-bond donors (Lipinski definition) is 1. The Morgan fingerprint density at radius 2 is 2.09 bits per heavy atom. The Labute approximate surface area is 138 Å². The molecule has 0 bridgehead atoms. The van der Waals surface area contributed by atoms with Crippen molar-refractivity contribution in [1.82, 2.24) is 0 Å². The fourth-order valence-electron chi connectivity index (χ4n) is 6.01. The van der Waals surface area contributed by atoms with Gasteiger partial charge in [-0.3, -0.25) is 4.79 Å². The number of rotatable bonds is 0. The summed E-state index contributed by atoms with van der Waals surface area (Å²) in [7, 11) is 0. The lowest BCUT2D eigenvalue weighted by Crippen LogP contribution is -2.60. The van der Waals surface area contributed by atoms with Crippen LogP contribution in [-0.4, -0.2) is 29.2 Å². The van der Waals surface area contributed by atoms with Crippen LogP contribution in [0.2, 0.25) is 0 Å². The van der Waals surface area contributed by atoms with E-state index in [9.17, 15) is 9.90 Å². The first-order chi connectivity index (χ1) is 10.8. The molecule has 0 spiro atoms. The normalized spacial score (nSPS) is 52.0. The molecule has 0 radical (unpaired) electrons. The third-order valence-corrected chi connectivity index (χ3v) is 7.62. The first kappa shape index (κ1) is 15.4. The summed E-state index contributed by atoms with van der Waals surface area (Å²) in [6.45, 7) is 4.91. The number of aliphatic hydroxyl groups is 1. The molecule has 23 heavy (non-hydrogen) atoms. The van der Waals surface area contributed by atoms with Crippen molar-refractivity contribution in [3.05, 3.63) is 11.6 Å². The molecule has 4 rings (SSSR count). The Balaban J connectivity index is 1.70. The summed E-state index contributed by atoms with van der Waals surface area (Å²) in [5, 5.41) is 10.9. The molecule has 3 heteroatoms. The summed E-state index contributed by atoms with van der Waals surface area (Å²) in [6.07, 6.45) is 12.9. The molecule has 3 nitrogen and oxygen atoms in total. The quantitative estimate of drug-likeness (QED) is 0.699.